The third-order valence-corrected chi connectivity index (χ3v) is 0. The Labute approximate surface area is 70.6 Å². The van der Waals surface area contributed by atoms with Crippen LogP contribution in [-0.4, -0.2) is 8.07 Å². The van der Waals surface area contributed by atoms with Gasteiger partial charge < -0.3 is 6.55 Å². The fraction of sp³-hybridized carbons (Fsp3) is 0.750. The second-order valence-corrected chi connectivity index (χ2v) is 7.68. The second kappa shape index (κ2) is 5.46. The van der Waals surface area contributed by atoms with E-state index < -0.39 is 8.07 Å². The molecule has 0 aliphatic carbocycles. The number of hydrogen-bond donors (Lipinski definition) is 0. The molecule has 7 heavy (non-hydrogen) atoms. The van der Waals surface area contributed by atoms with E-state index in [4.69, 9.17) is 0 Å². The van der Waals surface area contributed by atoms with Gasteiger partial charge in [0.25, 0.3) is 0 Å². The summed E-state index contributed by atoms with van der Waals surface area (Å²) in [6.07, 6.45) is 0. The molecule has 0 rings (SSSR count). The van der Waals surface area contributed by atoms with Gasteiger partial charge in [0.05, 0.1) is 0 Å². The summed E-state index contributed by atoms with van der Waals surface area (Å²) in [5.74, 6) is 0. The average Bonchev–Trinajstić information content (AvgIpc) is 0.722. The second-order valence-electron chi connectivity index (χ2n) is 2.56. The predicted octanol–water partition coefficient (Wildman–Crippen LogP) is 2.27. The van der Waals surface area contributed by atoms with Crippen LogP contribution in [0.4, 0.5) is 0 Å². The predicted molar refractivity (Wildman–Crippen MR) is 39.0 cm³/mol. The van der Waals surface area contributed by atoms with Crippen molar-refractivity contribution in [2.24, 2.45) is 0 Å². The van der Waals surface area contributed by atoms with E-state index in [9.17, 15) is 0 Å². The van der Waals surface area contributed by atoms with Crippen molar-refractivity contribution >= 4 is 25.1 Å². The van der Waals surface area contributed by atoms with E-state index >= 15 is 0 Å². The number of halogens is 1. The van der Waals surface area contributed by atoms with Crippen molar-refractivity contribution in [3.05, 3.63) is 6.55 Å². The van der Waals surface area contributed by atoms with Gasteiger partial charge in [-0.05, 0) is 0 Å². The normalized spacial score (nSPS) is 8.57. The molecule has 0 N–H and O–H groups in total. The molecule has 0 radical (unpaired) electrons. The molecule has 0 nitrogen and oxygen atoms in total. The van der Waals surface area contributed by atoms with Crippen LogP contribution in [0.2, 0.25) is 19.6 Å². The smallest absolute Gasteiger partial charge is 0 e. The fourth-order valence-corrected chi connectivity index (χ4v) is 0. The third kappa shape index (κ3) is 119. The first-order valence-electron chi connectivity index (χ1n) is 1.85. The largest absolute Gasteiger partial charge is 0.342 e. The van der Waals surface area contributed by atoms with Gasteiger partial charge in [0, 0.05) is 19.5 Å². The molecule has 0 saturated carbocycles. The Hall–Kier alpha value is 1.32. The Morgan fingerprint density at radius 3 is 1.14 bits per heavy atom. The van der Waals surface area contributed by atoms with E-state index in [1.807, 2.05) is 0 Å². The summed E-state index contributed by atoms with van der Waals surface area (Å²) in [6.45, 7) is 10.6. The van der Waals surface area contributed by atoms with Gasteiger partial charge in [-0.25, -0.2) is 0 Å². The standard InChI is InChI=1S/C4H11Si.BrH.Zn/c1-5(2,3)4;;/h1H2,2-4H3;1H;/q-1;;. The molecule has 0 heterocycles. The number of rotatable bonds is 0. The van der Waals surface area contributed by atoms with Gasteiger partial charge in [-0.2, -0.15) is 0 Å². The summed E-state index contributed by atoms with van der Waals surface area (Å²) < 4.78 is 0. The van der Waals surface area contributed by atoms with Crippen LogP contribution in [0.3, 0.4) is 0 Å². The van der Waals surface area contributed by atoms with Crippen LogP contribution >= 0.6 is 17.0 Å². The van der Waals surface area contributed by atoms with Crippen LogP contribution < -0.4 is 0 Å². The molecule has 3 heteroatoms. The Bertz CT molecular complexity index is 27.2. The van der Waals surface area contributed by atoms with Crippen LogP contribution in [0.15, 0.2) is 0 Å². The first kappa shape index (κ1) is 15.8. The molecule has 0 amide bonds. The molecule has 0 aliphatic rings. The molecular formula is C4H12BrSiZn-. The van der Waals surface area contributed by atoms with Crippen molar-refractivity contribution in [3.8, 4) is 0 Å². The van der Waals surface area contributed by atoms with Crippen LogP contribution in [0.1, 0.15) is 0 Å². The molecule has 42 valence electrons. The van der Waals surface area contributed by atoms with Crippen LogP contribution in [0, 0.1) is 6.55 Å². The molecule has 0 saturated heterocycles. The summed E-state index contributed by atoms with van der Waals surface area (Å²) in [6, 6.07) is 0. The Kier molecular flexibility index (Phi) is 12.3. The Balaban J connectivity index is -0.0000000800. The summed E-state index contributed by atoms with van der Waals surface area (Å²) in [5.41, 5.74) is 0. The maximum absolute atomic E-state index is 3.91. The third-order valence-electron chi connectivity index (χ3n) is 0. The van der Waals surface area contributed by atoms with E-state index in [2.05, 4.69) is 26.2 Å². The molecule has 0 aliphatic heterocycles. The minimum absolute atomic E-state index is 0. The van der Waals surface area contributed by atoms with Crippen molar-refractivity contribution in [3.63, 3.8) is 0 Å². The SMILES string of the molecule is Br.[CH2-][Si](C)(C)C.[Zn]. The zero-order chi connectivity index (χ0) is 4.50. The van der Waals surface area contributed by atoms with E-state index in [0.29, 0.717) is 0 Å². The summed E-state index contributed by atoms with van der Waals surface area (Å²) in [5, 5.41) is 0. The van der Waals surface area contributed by atoms with E-state index in [1.54, 1.807) is 0 Å². The van der Waals surface area contributed by atoms with Crippen molar-refractivity contribution < 1.29 is 19.5 Å². The maximum Gasteiger partial charge on any atom is 0 e. The van der Waals surface area contributed by atoms with Crippen molar-refractivity contribution in [1.82, 2.24) is 0 Å². The molecular weight excluding hydrogens is 221 g/mol. The summed E-state index contributed by atoms with van der Waals surface area (Å²) in [7, 11) is -0.861. The van der Waals surface area contributed by atoms with Crippen LogP contribution in [0.25, 0.3) is 0 Å². The summed E-state index contributed by atoms with van der Waals surface area (Å²) >= 11 is 0. The van der Waals surface area contributed by atoms with Crippen molar-refractivity contribution in [1.29, 1.82) is 0 Å². The van der Waals surface area contributed by atoms with Gasteiger partial charge in [0.15, 0.2) is 0 Å². The zero-order valence-corrected chi connectivity index (χ0v) is 11.0. The molecule has 0 unspecified atom stereocenters. The molecule has 0 fully saturated rings. The minimum Gasteiger partial charge on any atom is -0.342 e. The summed E-state index contributed by atoms with van der Waals surface area (Å²) in [4.78, 5) is 0. The average molecular weight is 234 g/mol. The van der Waals surface area contributed by atoms with Crippen molar-refractivity contribution in [2.45, 2.75) is 19.6 Å². The van der Waals surface area contributed by atoms with Gasteiger partial charge in [-0.1, -0.05) is 19.6 Å². The molecule has 0 aromatic heterocycles. The van der Waals surface area contributed by atoms with Gasteiger partial charge in [0.2, 0.25) is 0 Å². The quantitative estimate of drug-likeness (QED) is 0.445. The van der Waals surface area contributed by atoms with E-state index in [-0.39, 0.29) is 36.5 Å². The Morgan fingerprint density at radius 2 is 1.14 bits per heavy atom. The van der Waals surface area contributed by atoms with E-state index in [1.165, 1.54) is 0 Å². The zero-order valence-electron chi connectivity index (χ0n) is 5.32. The Morgan fingerprint density at radius 1 is 1.14 bits per heavy atom. The maximum atomic E-state index is 3.91. The van der Waals surface area contributed by atoms with Gasteiger partial charge in [0.1, 0.15) is 0 Å². The van der Waals surface area contributed by atoms with Gasteiger partial charge in [-0.15, -0.1) is 25.1 Å². The molecule has 0 bridgehead atoms. The van der Waals surface area contributed by atoms with Crippen molar-refractivity contribution in [2.75, 3.05) is 0 Å². The monoisotopic (exact) mass is 231 g/mol. The van der Waals surface area contributed by atoms with Gasteiger partial charge >= 0.3 is 0 Å². The van der Waals surface area contributed by atoms with E-state index in [0.717, 1.165) is 0 Å². The van der Waals surface area contributed by atoms with Crippen LogP contribution in [0.5, 0.6) is 0 Å². The first-order valence-corrected chi connectivity index (χ1v) is 5.56. The molecule has 0 aromatic carbocycles. The molecule has 0 atom stereocenters. The van der Waals surface area contributed by atoms with Gasteiger partial charge in [-0.3, -0.25) is 0 Å². The fourth-order valence-electron chi connectivity index (χ4n) is 0. The number of hydrogen-bond acceptors (Lipinski definition) is 0. The minimum atomic E-state index is -0.861. The molecule has 0 spiro atoms. The van der Waals surface area contributed by atoms with Crippen LogP contribution in [-0.2, 0) is 19.5 Å². The topological polar surface area (TPSA) is 0 Å². The molecule has 0 aromatic rings. The first-order chi connectivity index (χ1) is 2.00.